The molecule has 0 unspecified atom stereocenters. The van der Waals surface area contributed by atoms with Gasteiger partial charge in [-0.15, -0.1) is 0 Å². The number of ether oxygens (including phenoxy) is 1. The third kappa shape index (κ3) is 4.58. The summed E-state index contributed by atoms with van der Waals surface area (Å²) in [5.41, 5.74) is 0.107. The maximum absolute atomic E-state index is 12.5. The lowest BCUT2D eigenvalue weighted by Crippen LogP contribution is -2.27. The molecule has 1 aromatic heterocycles. The zero-order valence-electron chi connectivity index (χ0n) is 9.40. The van der Waals surface area contributed by atoms with E-state index in [4.69, 9.17) is 0 Å². The van der Waals surface area contributed by atoms with E-state index >= 15 is 0 Å². The van der Waals surface area contributed by atoms with Gasteiger partial charge in [0.15, 0.2) is 0 Å². The van der Waals surface area contributed by atoms with Gasteiger partial charge in [-0.25, -0.2) is 9.37 Å². The molecule has 0 aromatic carbocycles. The molecule has 5 nitrogen and oxygen atoms in total. The topological polar surface area (TPSA) is 68.3 Å². The number of nitrogens with one attached hydrogen (secondary N) is 1. The van der Waals surface area contributed by atoms with Crippen LogP contribution in [0.15, 0.2) is 18.3 Å². The Morgan fingerprint density at radius 1 is 1.47 bits per heavy atom. The van der Waals surface area contributed by atoms with E-state index in [-0.39, 0.29) is 24.6 Å². The first-order valence-corrected chi connectivity index (χ1v) is 5.19. The van der Waals surface area contributed by atoms with Crippen LogP contribution in [0.2, 0.25) is 0 Å². The van der Waals surface area contributed by atoms with Crippen LogP contribution in [-0.4, -0.2) is 30.0 Å². The predicted molar refractivity (Wildman–Crippen MR) is 57.8 cm³/mol. The number of carbonyl (C=O) groups excluding carboxylic acids is 2. The number of aromatic nitrogens is 1. The molecule has 1 heterocycles. The first-order chi connectivity index (χ1) is 8.13. The van der Waals surface area contributed by atoms with Crippen molar-refractivity contribution in [3.63, 3.8) is 0 Å². The Bertz CT molecular complexity index is 392. The van der Waals surface area contributed by atoms with Crippen molar-refractivity contribution in [3.8, 4) is 0 Å². The Hall–Kier alpha value is -1.98. The summed E-state index contributed by atoms with van der Waals surface area (Å²) in [4.78, 5) is 26.0. The molecule has 0 aliphatic rings. The molecule has 0 saturated carbocycles. The number of carbonyl (C=O) groups is 2. The van der Waals surface area contributed by atoms with Crippen molar-refractivity contribution in [2.45, 2.75) is 13.3 Å². The summed E-state index contributed by atoms with van der Waals surface area (Å²) in [6, 6.07) is 2.42. The highest BCUT2D eigenvalue weighted by molar-refractivity contribution is 5.92. The molecule has 1 rings (SSSR count). The second-order valence-electron chi connectivity index (χ2n) is 3.17. The second kappa shape index (κ2) is 6.57. The van der Waals surface area contributed by atoms with E-state index in [1.54, 1.807) is 6.92 Å². The zero-order chi connectivity index (χ0) is 12.7. The molecule has 1 aromatic rings. The van der Waals surface area contributed by atoms with Crippen LogP contribution < -0.4 is 5.32 Å². The summed E-state index contributed by atoms with van der Waals surface area (Å²) in [6.45, 7) is 2.18. The second-order valence-corrected chi connectivity index (χ2v) is 3.17. The third-order valence-corrected chi connectivity index (χ3v) is 1.88. The van der Waals surface area contributed by atoms with Gasteiger partial charge in [-0.05, 0) is 19.1 Å². The molecule has 0 spiro atoms. The van der Waals surface area contributed by atoms with Gasteiger partial charge in [0.05, 0.1) is 19.2 Å². The minimum Gasteiger partial charge on any atom is -0.466 e. The van der Waals surface area contributed by atoms with Gasteiger partial charge in [0.25, 0.3) is 5.91 Å². The minimum atomic E-state index is -0.506. The van der Waals surface area contributed by atoms with Crippen molar-refractivity contribution in [1.82, 2.24) is 10.3 Å². The highest BCUT2D eigenvalue weighted by Crippen LogP contribution is 1.97. The Balaban J connectivity index is 2.35. The van der Waals surface area contributed by atoms with Gasteiger partial charge in [-0.1, -0.05) is 0 Å². The molecule has 0 aliphatic heterocycles. The lowest BCUT2D eigenvalue weighted by atomic mass is 10.3. The lowest BCUT2D eigenvalue weighted by molar-refractivity contribution is -0.142. The van der Waals surface area contributed by atoms with Crippen LogP contribution in [0.3, 0.4) is 0 Å². The molecule has 0 saturated heterocycles. The third-order valence-electron chi connectivity index (χ3n) is 1.88. The average molecular weight is 240 g/mol. The Morgan fingerprint density at radius 3 is 2.82 bits per heavy atom. The average Bonchev–Trinajstić information content (AvgIpc) is 2.30. The van der Waals surface area contributed by atoms with E-state index in [0.717, 1.165) is 12.3 Å². The largest absolute Gasteiger partial charge is 0.466 e. The van der Waals surface area contributed by atoms with E-state index in [1.807, 2.05) is 0 Å². The van der Waals surface area contributed by atoms with Crippen molar-refractivity contribution in [1.29, 1.82) is 0 Å². The molecule has 6 heteroatoms. The van der Waals surface area contributed by atoms with Crippen LogP contribution in [-0.2, 0) is 9.53 Å². The number of pyridine rings is 1. The summed E-state index contributed by atoms with van der Waals surface area (Å²) >= 11 is 0. The first kappa shape index (κ1) is 13.1. The SMILES string of the molecule is CCOC(=O)CCNC(=O)c1ccc(F)cn1. The number of esters is 1. The Morgan fingerprint density at radius 2 is 2.24 bits per heavy atom. The van der Waals surface area contributed by atoms with E-state index in [2.05, 4.69) is 15.0 Å². The van der Waals surface area contributed by atoms with E-state index < -0.39 is 11.7 Å². The predicted octanol–water partition coefficient (Wildman–Crippen LogP) is 0.904. The first-order valence-electron chi connectivity index (χ1n) is 5.19. The number of amides is 1. The molecule has 92 valence electrons. The Kier molecular flexibility index (Phi) is 5.06. The number of nitrogens with zero attached hydrogens (tertiary/aromatic N) is 1. The van der Waals surface area contributed by atoms with Crippen LogP contribution in [0, 0.1) is 5.82 Å². The van der Waals surface area contributed by atoms with Crippen LogP contribution in [0.1, 0.15) is 23.8 Å². The quantitative estimate of drug-likeness (QED) is 0.776. The normalized spacial score (nSPS) is 9.76. The van der Waals surface area contributed by atoms with Gasteiger partial charge >= 0.3 is 5.97 Å². The van der Waals surface area contributed by atoms with Crippen LogP contribution in [0.5, 0.6) is 0 Å². The lowest BCUT2D eigenvalue weighted by Gasteiger charge is -2.04. The fourth-order valence-corrected chi connectivity index (χ4v) is 1.11. The number of hydrogen-bond acceptors (Lipinski definition) is 4. The van der Waals surface area contributed by atoms with Gasteiger partial charge in [0, 0.05) is 6.54 Å². The Labute approximate surface area is 98.0 Å². The fraction of sp³-hybridized carbons (Fsp3) is 0.364. The van der Waals surface area contributed by atoms with E-state index in [0.29, 0.717) is 6.61 Å². The highest BCUT2D eigenvalue weighted by atomic mass is 19.1. The fourth-order valence-electron chi connectivity index (χ4n) is 1.11. The molecule has 1 N–H and O–H groups in total. The van der Waals surface area contributed by atoms with Crippen molar-refractivity contribution in [3.05, 3.63) is 29.8 Å². The van der Waals surface area contributed by atoms with E-state index in [9.17, 15) is 14.0 Å². The van der Waals surface area contributed by atoms with Crippen molar-refractivity contribution in [2.24, 2.45) is 0 Å². The summed E-state index contributed by atoms with van der Waals surface area (Å²) in [5.74, 6) is -1.33. The van der Waals surface area contributed by atoms with Gasteiger partial charge in [-0.2, -0.15) is 0 Å². The van der Waals surface area contributed by atoms with Crippen LogP contribution in [0.4, 0.5) is 4.39 Å². The van der Waals surface area contributed by atoms with Crippen LogP contribution in [0.25, 0.3) is 0 Å². The molecule has 17 heavy (non-hydrogen) atoms. The van der Waals surface area contributed by atoms with Crippen molar-refractivity contribution in [2.75, 3.05) is 13.2 Å². The molecular formula is C11H13FN2O3. The summed E-state index contributed by atoms with van der Waals surface area (Å²) < 4.78 is 17.2. The smallest absolute Gasteiger partial charge is 0.307 e. The summed E-state index contributed by atoms with van der Waals surface area (Å²) in [7, 11) is 0. The summed E-state index contributed by atoms with van der Waals surface area (Å²) in [5, 5.41) is 2.48. The monoisotopic (exact) mass is 240 g/mol. The maximum Gasteiger partial charge on any atom is 0.307 e. The van der Waals surface area contributed by atoms with Crippen molar-refractivity contribution >= 4 is 11.9 Å². The van der Waals surface area contributed by atoms with Gasteiger partial charge in [0.2, 0.25) is 0 Å². The number of halogens is 1. The van der Waals surface area contributed by atoms with E-state index in [1.165, 1.54) is 6.07 Å². The molecule has 0 bridgehead atoms. The number of hydrogen-bond donors (Lipinski definition) is 1. The zero-order valence-corrected chi connectivity index (χ0v) is 9.40. The molecule has 1 amide bonds. The van der Waals surface area contributed by atoms with Gasteiger partial charge in [0.1, 0.15) is 11.5 Å². The molecule has 0 radical (unpaired) electrons. The van der Waals surface area contributed by atoms with Crippen molar-refractivity contribution < 1.29 is 18.7 Å². The van der Waals surface area contributed by atoms with Gasteiger partial charge in [-0.3, -0.25) is 9.59 Å². The maximum atomic E-state index is 12.5. The minimum absolute atomic E-state index is 0.0980. The standard InChI is InChI=1S/C11H13FN2O3/c1-2-17-10(15)5-6-13-11(16)9-4-3-8(12)7-14-9/h3-4,7H,2,5-6H2,1H3,(H,13,16). The number of rotatable bonds is 5. The molecule has 0 aliphatic carbocycles. The van der Waals surface area contributed by atoms with Gasteiger partial charge < -0.3 is 10.1 Å². The molecular weight excluding hydrogens is 227 g/mol. The van der Waals surface area contributed by atoms with Crippen LogP contribution >= 0.6 is 0 Å². The molecule has 0 atom stereocenters. The highest BCUT2D eigenvalue weighted by Gasteiger charge is 2.08. The summed E-state index contributed by atoms with van der Waals surface area (Å²) in [6.07, 6.45) is 1.06. The molecule has 0 fully saturated rings.